The van der Waals surface area contributed by atoms with E-state index in [9.17, 15) is 9.59 Å². The quantitative estimate of drug-likeness (QED) is 0.552. The molecule has 0 radical (unpaired) electrons. The van der Waals surface area contributed by atoms with Crippen molar-refractivity contribution in [3.8, 4) is 5.69 Å². The Kier molecular flexibility index (Phi) is 5.77. The van der Waals surface area contributed by atoms with Crippen LogP contribution in [0, 0.1) is 0 Å². The highest BCUT2D eigenvalue weighted by atomic mass is 35.5. The van der Waals surface area contributed by atoms with E-state index in [0.29, 0.717) is 29.6 Å². The van der Waals surface area contributed by atoms with Crippen LogP contribution >= 0.6 is 11.6 Å². The highest BCUT2D eigenvalue weighted by Crippen LogP contribution is 2.37. The zero-order chi connectivity index (χ0) is 22.1. The number of aromatic nitrogens is 4. The monoisotopic (exact) mass is 443 g/mol. The maximum absolute atomic E-state index is 13.1. The number of methoxy groups -OCH3 is 1. The molecule has 0 amide bonds. The number of ether oxygens (including phenoxy) is 1. The Morgan fingerprint density at radius 1 is 1.29 bits per heavy atom. The molecule has 0 spiro atoms. The second-order valence-corrected chi connectivity index (χ2v) is 7.94. The van der Waals surface area contributed by atoms with E-state index >= 15 is 0 Å². The number of para-hydroxylation sites is 1. The van der Waals surface area contributed by atoms with Gasteiger partial charge >= 0.3 is 5.97 Å². The molecule has 1 atom stereocenters. The van der Waals surface area contributed by atoms with Gasteiger partial charge in [0.15, 0.2) is 5.82 Å². The number of esters is 1. The van der Waals surface area contributed by atoms with Gasteiger partial charge in [0.1, 0.15) is 5.02 Å². The maximum atomic E-state index is 13.1. The zero-order valence-corrected chi connectivity index (χ0v) is 18.2. The molecule has 1 aromatic carbocycles. The van der Waals surface area contributed by atoms with Crippen LogP contribution in [-0.4, -0.2) is 39.5 Å². The third-order valence-corrected chi connectivity index (χ3v) is 5.60. The van der Waals surface area contributed by atoms with Gasteiger partial charge in [0.2, 0.25) is 5.89 Å². The Hall–Kier alpha value is -3.20. The number of carbonyl (C=O) groups is 1. The Morgan fingerprint density at radius 2 is 2.06 bits per heavy atom. The fourth-order valence-corrected chi connectivity index (χ4v) is 3.91. The second kappa shape index (κ2) is 8.50. The number of hydrogen-bond donors (Lipinski definition) is 0. The molecule has 1 aliphatic rings. The van der Waals surface area contributed by atoms with E-state index in [1.165, 1.54) is 13.3 Å². The van der Waals surface area contributed by atoms with Gasteiger partial charge < -0.3 is 14.2 Å². The van der Waals surface area contributed by atoms with Crippen LogP contribution in [0.2, 0.25) is 5.02 Å². The van der Waals surface area contributed by atoms with Gasteiger partial charge in [-0.2, -0.15) is 14.8 Å². The van der Waals surface area contributed by atoms with Crippen molar-refractivity contribution in [2.75, 3.05) is 18.6 Å². The standard InChI is InChI=1S/C21H22ClN5O4/c1-12(2)19-24-18(25-31-19)15-9-6-10-26(15)16-11-23-27(20(28)17(16)22)14-8-5-4-7-13(14)21(29)30-3/h4-5,7-8,11-12,15H,6,9-10H2,1-3H3. The lowest BCUT2D eigenvalue weighted by atomic mass is 10.2. The Labute approximate surface area is 183 Å². The summed E-state index contributed by atoms with van der Waals surface area (Å²) in [7, 11) is 1.28. The van der Waals surface area contributed by atoms with Crippen molar-refractivity contribution in [1.29, 1.82) is 0 Å². The lowest BCUT2D eigenvalue weighted by Crippen LogP contribution is -2.29. The molecule has 1 fully saturated rings. The highest BCUT2D eigenvalue weighted by molar-refractivity contribution is 6.33. The van der Waals surface area contributed by atoms with Gasteiger partial charge in [-0.05, 0) is 25.0 Å². The first-order valence-electron chi connectivity index (χ1n) is 9.98. The van der Waals surface area contributed by atoms with E-state index < -0.39 is 11.5 Å². The molecule has 1 unspecified atom stereocenters. The third-order valence-electron chi connectivity index (χ3n) is 5.25. The van der Waals surface area contributed by atoms with E-state index in [1.54, 1.807) is 24.3 Å². The normalized spacial score (nSPS) is 16.2. The number of nitrogens with zero attached hydrogens (tertiary/aromatic N) is 5. The number of anilines is 1. The SMILES string of the molecule is COC(=O)c1ccccc1-n1ncc(N2CCCC2c2noc(C(C)C)n2)c(Cl)c1=O. The van der Waals surface area contributed by atoms with Crippen molar-refractivity contribution in [2.24, 2.45) is 0 Å². The first-order chi connectivity index (χ1) is 14.9. The highest BCUT2D eigenvalue weighted by Gasteiger charge is 2.33. The van der Waals surface area contributed by atoms with Gasteiger partial charge in [-0.1, -0.05) is 42.7 Å². The summed E-state index contributed by atoms with van der Waals surface area (Å²) in [5, 5.41) is 8.43. The smallest absolute Gasteiger partial charge is 0.340 e. The molecule has 0 aliphatic carbocycles. The van der Waals surface area contributed by atoms with Crippen molar-refractivity contribution in [3.63, 3.8) is 0 Å². The summed E-state index contributed by atoms with van der Waals surface area (Å²) in [4.78, 5) is 31.7. The summed E-state index contributed by atoms with van der Waals surface area (Å²) in [6.07, 6.45) is 3.22. The first kappa shape index (κ1) is 21.0. The van der Waals surface area contributed by atoms with Crippen molar-refractivity contribution < 1.29 is 14.1 Å². The Bertz CT molecular complexity index is 1170. The number of benzene rings is 1. The Balaban J connectivity index is 1.73. The second-order valence-electron chi connectivity index (χ2n) is 7.57. The number of halogens is 1. The molecule has 31 heavy (non-hydrogen) atoms. The summed E-state index contributed by atoms with van der Waals surface area (Å²) >= 11 is 6.51. The molecule has 4 rings (SSSR count). The summed E-state index contributed by atoms with van der Waals surface area (Å²) in [5.74, 6) is 0.695. The summed E-state index contributed by atoms with van der Waals surface area (Å²) in [5.41, 5.74) is 0.481. The number of hydrogen-bond acceptors (Lipinski definition) is 8. The van der Waals surface area contributed by atoms with Gasteiger partial charge in [0, 0.05) is 12.5 Å². The lowest BCUT2D eigenvalue weighted by molar-refractivity contribution is 0.0600. The average Bonchev–Trinajstić information content (AvgIpc) is 3.44. The maximum Gasteiger partial charge on any atom is 0.340 e. The van der Waals surface area contributed by atoms with Crippen LogP contribution in [0.3, 0.4) is 0 Å². The largest absolute Gasteiger partial charge is 0.465 e. The van der Waals surface area contributed by atoms with Crippen molar-refractivity contribution in [1.82, 2.24) is 19.9 Å². The molecule has 162 valence electrons. The van der Waals surface area contributed by atoms with E-state index in [4.69, 9.17) is 20.9 Å². The lowest BCUT2D eigenvalue weighted by Gasteiger charge is -2.25. The van der Waals surface area contributed by atoms with Crippen LogP contribution in [0.25, 0.3) is 5.69 Å². The van der Waals surface area contributed by atoms with Crippen molar-refractivity contribution in [2.45, 2.75) is 38.6 Å². The predicted octanol–water partition coefficient (Wildman–Crippen LogP) is 3.52. The molecule has 10 heteroatoms. The van der Waals surface area contributed by atoms with E-state index in [1.807, 2.05) is 18.7 Å². The van der Waals surface area contributed by atoms with Gasteiger partial charge in [0.05, 0.1) is 36.3 Å². The zero-order valence-electron chi connectivity index (χ0n) is 17.4. The van der Waals surface area contributed by atoms with Crippen LogP contribution in [0.15, 0.2) is 39.8 Å². The van der Waals surface area contributed by atoms with Gasteiger partial charge in [-0.3, -0.25) is 4.79 Å². The molecule has 0 bridgehead atoms. The van der Waals surface area contributed by atoms with E-state index in [-0.39, 0.29) is 22.5 Å². The fraction of sp³-hybridized carbons (Fsp3) is 0.381. The number of carbonyl (C=O) groups excluding carboxylic acids is 1. The molecule has 0 saturated carbocycles. The molecule has 1 aliphatic heterocycles. The van der Waals surface area contributed by atoms with Crippen LogP contribution in [0.5, 0.6) is 0 Å². The fourth-order valence-electron chi connectivity index (χ4n) is 3.68. The first-order valence-corrected chi connectivity index (χ1v) is 10.4. The van der Waals surface area contributed by atoms with Gasteiger partial charge in [-0.25, -0.2) is 4.79 Å². The predicted molar refractivity (Wildman–Crippen MR) is 114 cm³/mol. The molecule has 3 heterocycles. The Morgan fingerprint density at radius 3 is 2.77 bits per heavy atom. The summed E-state index contributed by atoms with van der Waals surface area (Å²) in [6.45, 7) is 4.65. The van der Waals surface area contributed by atoms with Crippen molar-refractivity contribution >= 4 is 23.3 Å². The minimum atomic E-state index is -0.567. The molecular weight excluding hydrogens is 422 g/mol. The number of rotatable bonds is 5. The van der Waals surface area contributed by atoms with Gasteiger partial charge in [0.25, 0.3) is 5.56 Å². The minimum absolute atomic E-state index is 0.00847. The third kappa shape index (κ3) is 3.81. The van der Waals surface area contributed by atoms with E-state index in [2.05, 4.69) is 15.2 Å². The topological polar surface area (TPSA) is 103 Å². The van der Waals surface area contributed by atoms with E-state index in [0.717, 1.165) is 17.5 Å². The van der Waals surface area contributed by atoms with Crippen LogP contribution in [0.1, 0.15) is 60.7 Å². The van der Waals surface area contributed by atoms with Crippen molar-refractivity contribution in [3.05, 3.63) is 63.1 Å². The molecule has 9 nitrogen and oxygen atoms in total. The molecule has 3 aromatic rings. The van der Waals surface area contributed by atoms with Crippen LogP contribution in [0.4, 0.5) is 5.69 Å². The molecular formula is C21H22ClN5O4. The summed E-state index contributed by atoms with van der Waals surface area (Å²) < 4.78 is 11.3. The molecule has 1 saturated heterocycles. The average molecular weight is 444 g/mol. The summed E-state index contributed by atoms with van der Waals surface area (Å²) in [6, 6.07) is 6.41. The van der Waals surface area contributed by atoms with Crippen LogP contribution < -0.4 is 10.5 Å². The molecule has 0 N–H and O–H groups in total. The molecule has 2 aromatic heterocycles. The van der Waals surface area contributed by atoms with Crippen LogP contribution in [-0.2, 0) is 4.74 Å². The van der Waals surface area contributed by atoms with Gasteiger partial charge in [-0.15, -0.1) is 0 Å². The minimum Gasteiger partial charge on any atom is -0.465 e.